The molecule has 0 unspecified atom stereocenters. The second-order valence-corrected chi connectivity index (χ2v) is 6.83. The molecule has 0 aliphatic carbocycles. The van der Waals surface area contributed by atoms with Crippen molar-refractivity contribution in [1.29, 1.82) is 0 Å². The van der Waals surface area contributed by atoms with Crippen molar-refractivity contribution in [2.24, 2.45) is 5.92 Å². The zero-order valence-electron chi connectivity index (χ0n) is 16.7. The van der Waals surface area contributed by atoms with Crippen molar-refractivity contribution in [3.63, 3.8) is 0 Å². The van der Waals surface area contributed by atoms with Gasteiger partial charge in [-0.2, -0.15) is 0 Å². The van der Waals surface area contributed by atoms with Gasteiger partial charge in [-0.3, -0.25) is 9.59 Å². The Kier molecular flexibility index (Phi) is 8.34. The molecule has 0 spiro atoms. The Balaban J connectivity index is 1.91. The number of H-pyrrole nitrogens is 1. The fraction of sp³-hybridized carbons (Fsp3) is 0.364. The number of nitrogens with one attached hydrogen (secondary N) is 2. The molecular weight excluding hydrogens is 356 g/mol. The van der Waals surface area contributed by atoms with Gasteiger partial charge in [-0.25, -0.2) is 0 Å². The van der Waals surface area contributed by atoms with Gasteiger partial charge in [-0.1, -0.05) is 39.0 Å². The lowest BCUT2D eigenvalue weighted by Crippen LogP contribution is -2.22. The molecule has 28 heavy (non-hydrogen) atoms. The van der Waals surface area contributed by atoms with E-state index in [0.717, 1.165) is 17.7 Å². The summed E-state index contributed by atoms with van der Waals surface area (Å²) in [5, 5.41) is 2.75. The summed E-state index contributed by atoms with van der Waals surface area (Å²) < 4.78 is 11.1. The summed E-state index contributed by atoms with van der Waals surface area (Å²) >= 11 is 0. The number of hydrogen-bond acceptors (Lipinski definition) is 4. The average molecular weight is 384 g/mol. The molecule has 0 bridgehead atoms. The van der Waals surface area contributed by atoms with Gasteiger partial charge in [0.2, 0.25) is 11.3 Å². The van der Waals surface area contributed by atoms with Gasteiger partial charge in [0.15, 0.2) is 5.75 Å². The Hall–Kier alpha value is -3.02. The third-order valence-electron chi connectivity index (χ3n) is 3.76. The maximum Gasteiger partial charge on any atom is 0.244 e. The Morgan fingerprint density at radius 1 is 1.21 bits per heavy atom. The van der Waals surface area contributed by atoms with Gasteiger partial charge >= 0.3 is 0 Å². The van der Waals surface area contributed by atoms with Crippen LogP contribution in [0.15, 0.2) is 47.4 Å². The van der Waals surface area contributed by atoms with Gasteiger partial charge in [-0.15, -0.1) is 0 Å². The van der Waals surface area contributed by atoms with E-state index in [2.05, 4.69) is 10.3 Å². The topological polar surface area (TPSA) is 80.4 Å². The molecule has 2 rings (SSSR count). The van der Waals surface area contributed by atoms with Gasteiger partial charge in [0, 0.05) is 29.6 Å². The first-order valence-electron chi connectivity index (χ1n) is 9.51. The third kappa shape index (κ3) is 6.95. The molecule has 2 aromatic rings. The van der Waals surface area contributed by atoms with Gasteiger partial charge in [0.1, 0.15) is 5.75 Å². The van der Waals surface area contributed by atoms with E-state index >= 15 is 0 Å². The number of aromatic amines is 1. The first kappa shape index (κ1) is 21.3. The molecule has 0 saturated heterocycles. The Morgan fingerprint density at radius 3 is 2.71 bits per heavy atom. The van der Waals surface area contributed by atoms with Crippen molar-refractivity contribution in [2.75, 3.05) is 13.2 Å². The van der Waals surface area contributed by atoms with E-state index in [9.17, 15) is 9.59 Å². The van der Waals surface area contributed by atoms with Gasteiger partial charge in [0.25, 0.3) is 0 Å². The summed E-state index contributed by atoms with van der Waals surface area (Å²) in [5.74, 6) is 1.11. The Labute approximate surface area is 165 Å². The number of amides is 1. The number of aromatic nitrogens is 1. The summed E-state index contributed by atoms with van der Waals surface area (Å²) in [6, 6.07) is 8.99. The summed E-state index contributed by atoms with van der Waals surface area (Å²) in [5.41, 5.74) is 1.24. The lowest BCUT2D eigenvalue weighted by atomic mass is 10.2. The van der Waals surface area contributed by atoms with Crippen LogP contribution < -0.4 is 20.2 Å². The predicted octanol–water partition coefficient (Wildman–Crippen LogP) is 3.53. The maximum absolute atomic E-state index is 12.1. The predicted molar refractivity (Wildman–Crippen MR) is 111 cm³/mol. The Bertz CT molecular complexity index is 856. The normalized spacial score (nSPS) is 11.0. The molecule has 1 aromatic carbocycles. The molecule has 1 amide bonds. The van der Waals surface area contributed by atoms with Gasteiger partial charge in [-0.05, 0) is 24.5 Å². The van der Waals surface area contributed by atoms with Crippen molar-refractivity contribution in [3.8, 4) is 11.5 Å². The largest absolute Gasteiger partial charge is 0.493 e. The molecule has 0 fully saturated rings. The van der Waals surface area contributed by atoms with Crippen LogP contribution in [0.2, 0.25) is 0 Å². The van der Waals surface area contributed by atoms with Crippen LogP contribution in [-0.4, -0.2) is 24.1 Å². The maximum atomic E-state index is 12.1. The van der Waals surface area contributed by atoms with Crippen LogP contribution in [0.4, 0.5) is 0 Å². The Morgan fingerprint density at radius 2 is 2.00 bits per heavy atom. The van der Waals surface area contributed by atoms with E-state index in [-0.39, 0.29) is 23.6 Å². The zero-order valence-corrected chi connectivity index (χ0v) is 16.7. The van der Waals surface area contributed by atoms with Crippen LogP contribution >= 0.6 is 0 Å². The van der Waals surface area contributed by atoms with Crippen molar-refractivity contribution < 1.29 is 14.3 Å². The van der Waals surface area contributed by atoms with E-state index in [0.29, 0.717) is 24.8 Å². The minimum absolute atomic E-state index is 0.207. The molecule has 0 atom stereocenters. The number of pyridine rings is 1. The second kappa shape index (κ2) is 11.0. The van der Waals surface area contributed by atoms with Crippen molar-refractivity contribution in [1.82, 2.24) is 10.3 Å². The van der Waals surface area contributed by atoms with Crippen LogP contribution in [0, 0.1) is 5.92 Å². The van der Waals surface area contributed by atoms with E-state index in [4.69, 9.17) is 9.47 Å². The van der Waals surface area contributed by atoms with E-state index in [1.54, 1.807) is 6.08 Å². The number of hydrogen-bond donors (Lipinski definition) is 2. The lowest BCUT2D eigenvalue weighted by Gasteiger charge is -2.09. The summed E-state index contributed by atoms with van der Waals surface area (Å²) in [7, 11) is 0. The molecule has 0 radical (unpaired) electrons. The van der Waals surface area contributed by atoms with Crippen LogP contribution in [0.25, 0.3) is 6.08 Å². The molecule has 0 aliphatic heterocycles. The highest BCUT2D eigenvalue weighted by atomic mass is 16.5. The van der Waals surface area contributed by atoms with Crippen molar-refractivity contribution in [2.45, 2.75) is 33.7 Å². The monoisotopic (exact) mass is 384 g/mol. The second-order valence-electron chi connectivity index (χ2n) is 6.83. The fourth-order valence-electron chi connectivity index (χ4n) is 2.34. The van der Waals surface area contributed by atoms with Gasteiger partial charge in [0.05, 0.1) is 19.8 Å². The standard InChI is InChI=1S/C22H28N2O4/c1-4-11-27-20-8-6-5-7-17(20)9-10-22(26)24-13-18-12-19(25)21(14-23-18)28-15-16(2)3/h5-10,12,14,16H,4,11,13,15H2,1-3H3,(H,23,25)(H,24,26)/b10-9+. The molecule has 6 heteroatoms. The minimum atomic E-state index is -0.258. The van der Waals surface area contributed by atoms with E-state index < -0.39 is 0 Å². The summed E-state index contributed by atoms with van der Waals surface area (Å²) in [6.45, 7) is 7.39. The van der Waals surface area contributed by atoms with Crippen LogP contribution in [-0.2, 0) is 11.3 Å². The molecule has 150 valence electrons. The number of para-hydroxylation sites is 1. The molecular formula is C22H28N2O4. The number of ether oxygens (including phenoxy) is 2. The van der Waals surface area contributed by atoms with Crippen molar-refractivity contribution in [3.05, 3.63) is 64.1 Å². The van der Waals surface area contributed by atoms with Crippen LogP contribution in [0.5, 0.6) is 11.5 Å². The average Bonchev–Trinajstić information content (AvgIpc) is 2.68. The lowest BCUT2D eigenvalue weighted by molar-refractivity contribution is -0.116. The quantitative estimate of drug-likeness (QED) is 0.614. The highest BCUT2D eigenvalue weighted by molar-refractivity contribution is 5.92. The summed E-state index contributed by atoms with van der Waals surface area (Å²) in [6.07, 6.45) is 5.61. The number of benzene rings is 1. The van der Waals surface area contributed by atoms with Crippen LogP contribution in [0.3, 0.4) is 0 Å². The SMILES string of the molecule is CCCOc1ccccc1/C=C/C(=O)NCc1cc(=O)c(OCC(C)C)c[nH]1. The highest BCUT2D eigenvalue weighted by Gasteiger charge is 2.05. The molecule has 6 nitrogen and oxygen atoms in total. The summed E-state index contributed by atoms with van der Waals surface area (Å²) in [4.78, 5) is 27.1. The fourth-order valence-corrected chi connectivity index (χ4v) is 2.34. The molecule has 1 heterocycles. The van der Waals surface area contributed by atoms with E-state index in [1.165, 1.54) is 18.3 Å². The van der Waals surface area contributed by atoms with E-state index in [1.807, 2.05) is 45.0 Å². The molecule has 1 aromatic heterocycles. The number of rotatable bonds is 10. The third-order valence-corrected chi connectivity index (χ3v) is 3.76. The first-order valence-corrected chi connectivity index (χ1v) is 9.51. The molecule has 0 saturated carbocycles. The molecule has 2 N–H and O–H groups in total. The smallest absolute Gasteiger partial charge is 0.244 e. The number of carbonyl (C=O) groups excluding carboxylic acids is 1. The van der Waals surface area contributed by atoms with Crippen molar-refractivity contribution >= 4 is 12.0 Å². The van der Waals surface area contributed by atoms with Crippen LogP contribution in [0.1, 0.15) is 38.4 Å². The number of carbonyl (C=O) groups is 1. The minimum Gasteiger partial charge on any atom is -0.493 e. The zero-order chi connectivity index (χ0) is 20.4. The highest BCUT2D eigenvalue weighted by Crippen LogP contribution is 2.19. The first-order chi connectivity index (χ1) is 13.5. The molecule has 0 aliphatic rings. The van der Waals surface area contributed by atoms with Gasteiger partial charge < -0.3 is 19.8 Å².